The normalized spacial score (nSPS) is 15.8. The second-order valence-corrected chi connectivity index (χ2v) is 11.6. The number of alkyl halides is 3. The Labute approximate surface area is 218 Å². The number of aromatic nitrogens is 2. The molecule has 0 fully saturated rings. The van der Waals surface area contributed by atoms with Gasteiger partial charge in [0, 0.05) is 23.0 Å². The molecule has 0 saturated carbocycles. The summed E-state index contributed by atoms with van der Waals surface area (Å²) in [7, 11) is 1.95. The summed E-state index contributed by atoms with van der Waals surface area (Å²) in [6.07, 6.45) is -0.823. The van der Waals surface area contributed by atoms with Crippen LogP contribution in [0.2, 0.25) is 0 Å². The van der Waals surface area contributed by atoms with Crippen LogP contribution in [0.5, 0.6) is 0 Å². The maximum Gasteiger partial charge on any atom is 0.449 e. The third-order valence-electron chi connectivity index (χ3n) is 5.44. The van der Waals surface area contributed by atoms with E-state index >= 15 is 0 Å². The van der Waals surface area contributed by atoms with Gasteiger partial charge >= 0.3 is 6.18 Å². The largest absolute Gasteiger partial charge is 0.450 e. The molecule has 0 bridgehead atoms. The van der Waals surface area contributed by atoms with E-state index in [1.165, 1.54) is 28.7 Å². The van der Waals surface area contributed by atoms with Gasteiger partial charge in [-0.1, -0.05) is 39.0 Å². The SMILES string of the molecule is CCn1c(=O)/c(=C2\Sc3cc(Br)ccc3N2C)s/c1=C\c1scc[n+]1Cc1ccc(C(F)(F)F)o1. The lowest BCUT2D eigenvalue weighted by Crippen LogP contribution is -2.36. The summed E-state index contributed by atoms with van der Waals surface area (Å²) in [5.74, 6) is -0.807. The Morgan fingerprint density at radius 1 is 1.23 bits per heavy atom. The van der Waals surface area contributed by atoms with Crippen LogP contribution in [0.3, 0.4) is 0 Å². The molecule has 0 radical (unpaired) electrons. The Morgan fingerprint density at radius 3 is 2.74 bits per heavy atom. The maximum atomic E-state index is 13.3. The fraction of sp³-hybridized carbons (Fsp3) is 0.217. The number of hydrogen-bond donors (Lipinski definition) is 0. The molecule has 0 saturated heterocycles. The third-order valence-corrected chi connectivity index (χ3v) is 9.26. The first kappa shape index (κ1) is 24.4. The zero-order chi connectivity index (χ0) is 24.9. The highest BCUT2D eigenvalue weighted by Crippen LogP contribution is 2.46. The summed E-state index contributed by atoms with van der Waals surface area (Å²) >= 11 is 7.92. The number of halogens is 4. The summed E-state index contributed by atoms with van der Waals surface area (Å²) in [5.41, 5.74) is 0.983. The van der Waals surface area contributed by atoms with Gasteiger partial charge in [-0.15, -0.1) is 11.3 Å². The first-order chi connectivity index (χ1) is 16.7. The van der Waals surface area contributed by atoms with E-state index in [2.05, 4.69) is 15.9 Å². The van der Waals surface area contributed by atoms with Gasteiger partial charge in [-0.2, -0.15) is 17.7 Å². The molecule has 0 spiro atoms. The molecule has 4 heterocycles. The summed E-state index contributed by atoms with van der Waals surface area (Å²) in [4.78, 5) is 16.4. The van der Waals surface area contributed by atoms with Crippen molar-refractivity contribution < 1.29 is 22.2 Å². The van der Waals surface area contributed by atoms with Crippen molar-refractivity contribution in [2.24, 2.45) is 0 Å². The third kappa shape index (κ3) is 4.64. The van der Waals surface area contributed by atoms with Gasteiger partial charge in [-0.25, -0.2) is 0 Å². The molecule has 1 aliphatic heterocycles. The number of rotatable bonds is 4. The lowest BCUT2D eigenvalue weighted by atomic mass is 10.3. The quantitative estimate of drug-likeness (QED) is 0.314. The minimum Gasteiger partial charge on any atom is -0.450 e. The second kappa shape index (κ2) is 9.30. The number of anilines is 1. The van der Waals surface area contributed by atoms with E-state index in [1.807, 2.05) is 53.1 Å². The number of thiazole rings is 2. The van der Waals surface area contributed by atoms with Crippen LogP contribution < -0.4 is 24.2 Å². The van der Waals surface area contributed by atoms with Crippen LogP contribution in [-0.2, 0) is 19.3 Å². The highest BCUT2D eigenvalue weighted by Gasteiger charge is 2.35. The number of nitrogens with zero attached hydrogens (tertiary/aromatic N) is 3. The Kier molecular flexibility index (Phi) is 6.49. The molecule has 5 nitrogen and oxygen atoms in total. The Morgan fingerprint density at radius 2 is 2.03 bits per heavy atom. The van der Waals surface area contributed by atoms with Gasteiger partial charge in [0.15, 0.2) is 12.0 Å². The molecule has 0 unspecified atom stereocenters. The summed E-state index contributed by atoms with van der Waals surface area (Å²) in [6.45, 7) is 2.57. The minimum absolute atomic E-state index is 0.0612. The zero-order valence-corrected chi connectivity index (χ0v) is 22.5. The molecule has 12 heteroatoms. The molecule has 0 amide bonds. The first-order valence-electron chi connectivity index (χ1n) is 10.5. The van der Waals surface area contributed by atoms with Crippen LogP contribution in [0, 0.1) is 0 Å². The van der Waals surface area contributed by atoms with Crippen LogP contribution >= 0.6 is 50.4 Å². The summed E-state index contributed by atoms with van der Waals surface area (Å²) in [5, 5.41) is 3.53. The van der Waals surface area contributed by atoms with Gasteiger partial charge in [-0.05, 0) is 37.3 Å². The van der Waals surface area contributed by atoms with Crippen molar-refractivity contribution in [2.45, 2.75) is 31.1 Å². The predicted octanol–water partition coefficient (Wildman–Crippen LogP) is 4.84. The molecule has 5 rings (SSSR count). The molecule has 3 aromatic heterocycles. The number of hydrogen-bond acceptors (Lipinski definition) is 6. The summed E-state index contributed by atoms with van der Waals surface area (Å²) in [6, 6.07) is 8.31. The Bertz CT molecular complexity index is 1600. The number of fused-ring (bicyclic) bond motifs is 1. The van der Waals surface area contributed by atoms with E-state index in [9.17, 15) is 18.0 Å². The highest BCUT2D eigenvalue weighted by molar-refractivity contribution is 9.10. The van der Waals surface area contributed by atoms with Crippen molar-refractivity contribution in [3.8, 4) is 0 Å². The smallest absolute Gasteiger partial charge is 0.449 e. The molecular weight excluding hydrogens is 583 g/mol. The molecule has 0 N–H and O–H groups in total. The Hall–Kier alpha value is -2.28. The van der Waals surface area contributed by atoms with Crippen LogP contribution in [0.4, 0.5) is 18.9 Å². The summed E-state index contributed by atoms with van der Waals surface area (Å²) < 4.78 is 49.6. The van der Waals surface area contributed by atoms with E-state index in [0.717, 1.165) is 35.8 Å². The van der Waals surface area contributed by atoms with E-state index in [1.54, 1.807) is 22.5 Å². The van der Waals surface area contributed by atoms with Crippen molar-refractivity contribution in [3.63, 3.8) is 0 Å². The molecule has 1 aliphatic rings. The highest BCUT2D eigenvalue weighted by atomic mass is 79.9. The maximum absolute atomic E-state index is 13.3. The fourth-order valence-electron chi connectivity index (χ4n) is 3.75. The van der Waals surface area contributed by atoms with E-state index in [0.29, 0.717) is 11.1 Å². The topological polar surface area (TPSA) is 42.3 Å². The van der Waals surface area contributed by atoms with Crippen LogP contribution in [0.25, 0.3) is 11.1 Å². The van der Waals surface area contributed by atoms with Crippen LogP contribution in [-0.4, -0.2) is 11.6 Å². The van der Waals surface area contributed by atoms with Crippen LogP contribution in [0.1, 0.15) is 23.5 Å². The number of benzene rings is 1. The standard InChI is InChI=1S/C23H18BrF3N3O2S3/c1-3-30-19(11-18-29(8-9-33-18)12-14-5-7-17(32-14)23(25,26)27)35-20(21(30)31)22-28(2)15-6-4-13(24)10-16(15)34-22/h4-11H,3,12H2,1-2H3/q+1/b22-20+. The molecule has 0 aliphatic carbocycles. The molecule has 4 aromatic rings. The van der Waals surface area contributed by atoms with Gasteiger partial charge in [0.25, 0.3) is 10.6 Å². The van der Waals surface area contributed by atoms with Gasteiger partial charge < -0.3 is 9.32 Å². The monoisotopic (exact) mass is 600 g/mol. The van der Waals surface area contributed by atoms with Crippen molar-refractivity contribution >= 4 is 67.2 Å². The molecule has 182 valence electrons. The lowest BCUT2D eigenvalue weighted by molar-refractivity contribution is -0.686. The zero-order valence-electron chi connectivity index (χ0n) is 18.4. The van der Waals surface area contributed by atoms with Gasteiger partial charge in [0.05, 0.1) is 17.1 Å². The van der Waals surface area contributed by atoms with E-state index in [-0.39, 0.29) is 17.9 Å². The van der Waals surface area contributed by atoms with Gasteiger partial charge in [0.1, 0.15) is 14.2 Å². The fourth-order valence-corrected chi connectivity index (χ4v) is 7.61. The van der Waals surface area contributed by atoms with Crippen LogP contribution in [0.15, 0.2) is 60.5 Å². The van der Waals surface area contributed by atoms with Crippen molar-refractivity contribution in [1.29, 1.82) is 0 Å². The lowest BCUT2D eigenvalue weighted by Gasteiger charge is -2.12. The second-order valence-electron chi connectivity index (χ2n) is 7.67. The molecule has 35 heavy (non-hydrogen) atoms. The Balaban J connectivity index is 1.55. The molecule has 0 atom stereocenters. The average molecular weight is 602 g/mol. The van der Waals surface area contributed by atoms with E-state index in [4.69, 9.17) is 4.42 Å². The predicted molar refractivity (Wildman–Crippen MR) is 136 cm³/mol. The van der Waals surface area contributed by atoms with Crippen molar-refractivity contribution in [2.75, 3.05) is 11.9 Å². The van der Waals surface area contributed by atoms with E-state index < -0.39 is 11.9 Å². The van der Waals surface area contributed by atoms with Crippen molar-refractivity contribution in [1.82, 2.24) is 4.57 Å². The number of thioether (sulfide) groups is 1. The number of furan rings is 1. The average Bonchev–Trinajstić information content (AvgIpc) is 3.56. The van der Waals surface area contributed by atoms with Crippen molar-refractivity contribution in [3.05, 3.63) is 82.5 Å². The minimum atomic E-state index is -4.52. The first-order valence-corrected chi connectivity index (χ1v) is 13.8. The van der Waals surface area contributed by atoms with Gasteiger partial charge in [0.2, 0.25) is 12.3 Å². The van der Waals surface area contributed by atoms with Gasteiger partial charge in [-0.3, -0.25) is 9.36 Å². The molecular formula is C23H18BrF3N3O2S3+. The molecule has 1 aromatic carbocycles.